The molecule has 41 heavy (non-hydrogen) atoms. The number of ether oxygens (including phenoxy) is 2. The molecule has 2 aliphatic carbocycles. The summed E-state index contributed by atoms with van der Waals surface area (Å²) in [6, 6.07) is 31.9. The van der Waals surface area contributed by atoms with Gasteiger partial charge in [-0.15, -0.1) is 0 Å². The van der Waals surface area contributed by atoms with Crippen LogP contribution in [0.2, 0.25) is 13.1 Å². The van der Waals surface area contributed by atoms with Crippen LogP contribution in [0, 0.1) is 0 Å². The minimum absolute atomic E-state index is 0.130. The van der Waals surface area contributed by atoms with E-state index in [9.17, 15) is 0 Å². The number of nitrogens with zero attached hydrogens (tertiary/aromatic N) is 1. The average molecular weight is 546 g/mol. The Morgan fingerprint density at radius 2 is 1.05 bits per heavy atom. The molecule has 5 aromatic rings. The fourth-order valence-corrected chi connectivity index (χ4v) is 10.9. The third-order valence-corrected chi connectivity index (χ3v) is 13.9. The number of para-hydroxylation sites is 2. The lowest BCUT2D eigenvalue weighted by Crippen LogP contribution is -2.59. The monoisotopic (exact) mass is 545 g/mol. The van der Waals surface area contributed by atoms with Gasteiger partial charge in [0.15, 0.2) is 0 Å². The second-order valence-electron chi connectivity index (χ2n) is 12.8. The van der Waals surface area contributed by atoms with Crippen LogP contribution in [-0.4, -0.2) is 14.8 Å². The van der Waals surface area contributed by atoms with Gasteiger partial charge < -0.3 is 14.4 Å². The summed E-state index contributed by atoms with van der Waals surface area (Å²) in [6.07, 6.45) is 4.61. The summed E-state index contributed by atoms with van der Waals surface area (Å²) in [5.41, 5.74) is 13.2. The molecule has 0 unspecified atom stereocenters. The van der Waals surface area contributed by atoms with E-state index < -0.39 is 8.07 Å². The van der Waals surface area contributed by atoms with Gasteiger partial charge in [-0.2, -0.15) is 0 Å². The van der Waals surface area contributed by atoms with E-state index in [1.165, 1.54) is 60.4 Å². The smallest absolute Gasteiger partial charge is 0.260 e. The highest BCUT2D eigenvalue weighted by Crippen LogP contribution is 2.45. The summed E-state index contributed by atoms with van der Waals surface area (Å²) in [4.78, 5) is 2.43. The average Bonchev–Trinajstić information content (AvgIpc) is 2.95. The summed E-state index contributed by atoms with van der Waals surface area (Å²) in [5.74, 6) is 3.85. The maximum atomic E-state index is 6.83. The molecular weight excluding hydrogens is 517 g/mol. The normalized spacial score (nSPS) is 17.1. The Labute approximate surface area is 241 Å². The standard InChI is InChI=1S/C36H28BNO2Si/c1-41(2)34-9-5-3-7-28(34)38(29-8-4-6-10-35(29)41)25-19-32-36-33(20-25)40-31-18-24-14-12-22(24)16-27(31)37(36)26-15-21-11-13-23(21)17-30(26)39-32/h3-10,15-20H,11-14H2,1-2H3. The summed E-state index contributed by atoms with van der Waals surface area (Å²) in [5, 5.41) is 2.91. The molecule has 0 aromatic heterocycles. The molecule has 0 N–H and O–H groups in total. The van der Waals surface area contributed by atoms with Crippen molar-refractivity contribution in [2.24, 2.45) is 0 Å². The molecule has 0 radical (unpaired) electrons. The van der Waals surface area contributed by atoms with E-state index in [2.05, 4.69) is 103 Å². The van der Waals surface area contributed by atoms with Crippen molar-refractivity contribution in [1.29, 1.82) is 0 Å². The minimum atomic E-state index is -1.87. The van der Waals surface area contributed by atoms with Gasteiger partial charge in [-0.1, -0.05) is 61.6 Å². The molecule has 0 fully saturated rings. The molecular formula is C36H28BNO2Si. The summed E-state index contributed by atoms with van der Waals surface area (Å²) >= 11 is 0. The van der Waals surface area contributed by atoms with Gasteiger partial charge in [0.1, 0.15) is 31.1 Å². The van der Waals surface area contributed by atoms with Gasteiger partial charge in [0.05, 0.1) is 5.69 Å². The fourth-order valence-electron chi connectivity index (χ4n) is 7.95. The third-order valence-electron chi connectivity index (χ3n) is 10.3. The Morgan fingerprint density at radius 3 is 1.54 bits per heavy atom. The second-order valence-corrected chi connectivity index (χ2v) is 17.1. The van der Waals surface area contributed by atoms with Crippen molar-refractivity contribution in [1.82, 2.24) is 0 Å². The van der Waals surface area contributed by atoms with E-state index in [4.69, 9.17) is 9.47 Å². The van der Waals surface area contributed by atoms with E-state index >= 15 is 0 Å². The van der Waals surface area contributed by atoms with Crippen molar-refractivity contribution in [3.63, 3.8) is 0 Å². The van der Waals surface area contributed by atoms with Crippen molar-refractivity contribution < 1.29 is 9.47 Å². The molecule has 3 heterocycles. The number of benzene rings is 5. The lowest BCUT2D eigenvalue weighted by molar-refractivity contribution is 0.463. The zero-order valence-corrected chi connectivity index (χ0v) is 24.3. The third kappa shape index (κ3) is 2.85. The maximum absolute atomic E-state index is 6.83. The molecule has 0 spiro atoms. The molecule has 3 aliphatic heterocycles. The van der Waals surface area contributed by atoms with Crippen LogP contribution in [0.25, 0.3) is 0 Å². The van der Waals surface area contributed by atoms with E-state index in [1.54, 1.807) is 0 Å². The Morgan fingerprint density at radius 1 is 0.585 bits per heavy atom. The lowest BCUT2D eigenvalue weighted by atomic mass is 9.34. The maximum Gasteiger partial charge on any atom is 0.260 e. The first kappa shape index (κ1) is 22.5. The molecule has 196 valence electrons. The van der Waals surface area contributed by atoms with Crippen LogP contribution < -0.4 is 41.1 Å². The van der Waals surface area contributed by atoms with Crippen LogP contribution in [0.4, 0.5) is 17.1 Å². The minimum Gasteiger partial charge on any atom is -0.458 e. The topological polar surface area (TPSA) is 21.7 Å². The van der Waals surface area contributed by atoms with Crippen LogP contribution in [0.1, 0.15) is 22.3 Å². The highest BCUT2D eigenvalue weighted by molar-refractivity contribution is 7.02. The Kier molecular flexibility index (Phi) is 4.13. The van der Waals surface area contributed by atoms with Gasteiger partial charge in [0, 0.05) is 29.0 Å². The van der Waals surface area contributed by atoms with Crippen LogP contribution in [0.15, 0.2) is 84.9 Å². The second kappa shape index (κ2) is 7.54. The zero-order valence-electron chi connectivity index (χ0n) is 23.3. The highest BCUT2D eigenvalue weighted by Gasteiger charge is 2.44. The van der Waals surface area contributed by atoms with Gasteiger partial charge in [-0.05, 0) is 93.5 Å². The number of fused-ring (bicyclic) bond motifs is 8. The van der Waals surface area contributed by atoms with Crippen LogP contribution in [-0.2, 0) is 25.7 Å². The SMILES string of the molecule is C[Si]1(C)c2ccccc2N(c2cc3c4c(c2)Oc2cc5c(cc2B4c2cc4c(cc2O3)CC4)CC5)c2ccccc21. The quantitative estimate of drug-likeness (QED) is 0.264. The predicted octanol–water partition coefficient (Wildman–Crippen LogP) is 5.22. The van der Waals surface area contributed by atoms with Crippen molar-refractivity contribution >= 4 is 58.6 Å². The highest BCUT2D eigenvalue weighted by atomic mass is 28.3. The van der Waals surface area contributed by atoms with Crippen LogP contribution in [0.3, 0.4) is 0 Å². The van der Waals surface area contributed by atoms with E-state index in [-0.39, 0.29) is 6.71 Å². The van der Waals surface area contributed by atoms with Crippen LogP contribution >= 0.6 is 0 Å². The number of aryl methyl sites for hydroxylation is 4. The van der Waals surface area contributed by atoms with Gasteiger partial charge >= 0.3 is 0 Å². The van der Waals surface area contributed by atoms with Crippen molar-refractivity contribution in [3.05, 3.63) is 107 Å². The van der Waals surface area contributed by atoms with Gasteiger partial charge in [0.25, 0.3) is 6.71 Å². The van der Waals surface area contributed by atoms with Gasteiger partial charge in [-0.25, -0.2) is 0 Å². The molecule has 5 aliphatic rings. The summed E-state index contributed by atoms with van der Waals surface area (Å²) in [6.45, 7) is 5.06. The van der Waals surface area contributed by atoms with E-state index in [0.29, 0.717) is 0 Å². The summed E-state index contributed by atoms with van der Waals surface area (Å²) in [7, 11) is -1.87. The van der Waals surface area contributed by atoms with Crippen molar-refractivity contribution in [2.45, 2.75) is 38.8 Å². The Hall–Kier alpha value is -4.22. The van der Waals surface area contributed by atoms with E-state index in [0.717, 1.165) is 54.4 Å². The molecule has 0 amide bonds. The van der Waals surface area contributed by atoms with E-state index in [1.807, 2.05) is 0 Å². The molecule has 0 saturated carbocycles. The van der Waals surface area contributed by atoms with Gasteiger partial charge in [-0.3, -0.25) is 0 Å². The Bertz CT molecular complexity index is 1880. The largest absolute Gasteiger partial charge is 0.458 e. The zero-order chi connectivity index (χ0) is 27.0. The Balaban J connectivity index is 1.23. The van der Waals surface area contributed by atoms with Crippen molar-refractivity contribution in [3.8, 4) is 23.0 Å². The first-order valence-corrected chi connectivity index (χ1v) is 17.9. The summed E-state index contributed by atoms with van der Waals surface area (Å²) < 4.78 is 13.7. The predicted molar refractivity (Wildman–Crippen MR) is 170 cm³/mol. The van der Waals surface area contributed by atoms with Crippen LogP contribution in [0.5, 0.6) is 23.0 Å². The molecule has 5 aromatic carbocycles. The lowest BCUT2D eigenvalue weighted by Gasteiger charge is -2.42. The molecule has 5 heteroatoms. The molecule has 0 atom stereocenters. The number of hydrogen-bond donors (Lipinski definition) is 0. The number of rotatable bonds is 1. The van der Waals surface area contributed by atoms with Crippen molar-refractivity contribution in [2.75, 3.05) is 4.90 Å². The number of hydrogen-bond acceptors (Lipinski definition) is 3. The first-order chi connectivity index (χ1) is 20.0. The molecule has 0 bridgehead atoms. The molecule has 10 rings (SSSR count). The van der Waals surface area contributed by atoms with Gasteiger partial charge in [0.2, 0.25) is 0 Å². The fraction of sp³-hybridized carbons (Fsp3) is 0.167. The molecule has 3 nitrogen and oxygen atoms in total. The number of anilines is 3. The molecule has 0 saturated heterocycles. The first-order valence-electron chi connectivity index (χ1n) is 14.9.